The van der Waals surface area contributed by atoms with Crippen LogP contribution in [0.25, 0.3) is 0 Å². The van der Waals surface area contributed by atoms with E-state index in [0.29, 0.717) is 0 Å². The third-order valence-corrected chi connectivity index (χ3v) is 2.19. The lowest BCUT2D eigenvalue weighted by Gasteiger charge is -2.02. The highest BCUT2D eigenvalue weighted by Gasteiger charge is 1.93. The molecule has 4 N–H and O–H groups in total. The molecular formula is C12H21ClN2. The normalized spacial score (nSPS) is 9.67. The Kier molecular flexibility index (Phi) is 9.59. The average molecular weight is 229 g/mol. The molecule has 0 aromatic heterocycles. The molecule has 0 fully saturated rings. The quantitative estimate of drug-likeness (QED) is 0.473. The molecule has 0 aliphatic heterocycles. The molecule has 0 saturated carbocycles. The summed E-state index contributed by atoms with van der Waals surface area (Å²) in [6.07, 6.45) is 3.39. The lowest BCUT2D eigenvalue weighted by atomic mass is 10.2. The fourth-order valence-corrected chi connectivity index (χ4v) is 1.21. The van der Waals surface area contributed by atoms with E-state index >= 15 is 0 Å². The lowest BCUT2D eigenvalue weighted by Crippen LogP contribution is -2.19. The minimum absolute atomic E-state index is 0.341. The first-order chi connectivity index (χ1) is 7.22. The van der Waals surface area contributed by atoms with E-state index in [0.717, 1.165) is 11.4 Å². The van der Waals surface area contributed by atoms with E-state index in [1.54, 1.807) is 0 Å². The Morgan fingerprint density at radius 2 is 1.73 bits per heavy atom. The van der Waals surface area contributed by atoms with Gasteiger partial charge in [-0.15, -0.1) is 11.6 Å². The largest absolute Gasteiger partial charge is 0.312 e. The van der Waals surface area contributed by atoms with Crippen LogP contribution in [0.15, 0.2) is 30.3 Å². The van der Waals surface area contributed by atoms with Crippen LogP contribution in [-0.2, 0) is 0 Å². The van der Waals surface area contributed by atoms with E-state index in [1.165, 1.54) is 19.3 Å². The zero-order valence-corrected chi connectivity index (χ0v) is 10.1. The molecule has 0 amide bonds. The van der Waals surface area contributed by atoms with Gasteiger partial charge in [0.2, 0.25) is 0 Å². The van der Waals surface area contributed by atoms with E-state index in [2.05, 4.69) is 6.92 Å². The van der Waals surface area contributed by atoms with Crippen molar-refractivity contribution in [2.75, 3.05) is 5.88 Å². The maximum Gasteiger partial charge on any atom is 0.0784 e. The fraction of sp³-hybridized carbons (Fsp3) is 0.500. The topological polar surface area (TPSA) is 52.0 Å². The Balaban J connectivity index is 0.000000288. The van der Waals surface area contributed by atoms with Crippen molar-refractivity contribution in [1.29, 1.82) is 0 Å². The number of halogens is 1. The molecule has 0 unspecified atom stereocenters. The molecule has 86 valence electrons. The highest BCUT2D eigenvalue weighted by Crippen LogP contribution is 2.01. The Bertz CT molecular complexity index is 220. The SMILES string of the molecule is CCCCCCl.NC(N)c1ccccc1. The van der Waals surface area contributed by atoms with E-state index in [-0.39, 0.29) is 6.17 Å². The number of hydrogen-bond donors (Lipinski definition) is 2. The summed E-state index contributed by atoms with van der Waals surface area (Å²) in [5, 5.41) is 0. The first-order valence-electron chi connectivity index (χ1n) is 5.34. The minimum Gasteiger partial charge on any atom is -0.312 e. The highest BCUT2D eigenvalue weighted by molar-refractivity contribution is 6.17. The number of hydrogen-bond acceptors (Lipinski definition) is 2. The van der Waals surface area contributed by atoms with Crippen molar-refractivity contribution in [1.82, 2.24) is 0 Å². The molecule has 1 rings (SSSR count). The summed E-state index contributed by atoms with van der Waals surface area (Å²) >= 11 is 5.38. The van der Waals surface area contributed by atoms with Gasteiger partial charge in [0, 0.05) is 5.88 Å². The monoisotopic (exact) mass is 228 g/mol. The predicted molar refractivity (Wildman–Crippen MR) is 67.8 cm³/mol. The van der Waals surface area contributed by atoms with Crippen LogP contribution in [0.4, 0.5) is 0 Å². The van der Waals surface area contributed by atoms with E-state index in [4.69, 9.17) is 23.1 Å². The van der Waals surface area contributed by atoms with Crippen LogP contribution >= 0.6 is 11.6 Å². The van der Waals surface area contributed by atoms with Gasteiger partial charge in [0.15, 0.2) is 0 Å². The van der Waals surface area contributed by atoms with Crippen molar-refractivity contribution in [3.63, 3.8) is 0 Å². The molecule has 15 heavy (non-hydrogen) atoms. The number of nitrogens with two attached hydrogens (primary N) is 2. The molecule has 0 bridgehead atoms. The Morgan fingerprint density at radius 1 is 1.13 bits per heavy atom. The minimum atomic E-state index is -0.341. The third-order valence-electron chi connectivity index (χ3n) is 1.92. The van der Waals surface area contributed by atoms with Crippen molar-refractivity contribution < 1.29 is 0 Å². The van der Waals surface area contributed by atoms with Crippen LogP contribution < -0.4 is 11.5 Å². The van der Waals surface area contributed by atoms with E-state index < -0.39 is 0 Å². The zero-order valence-electron chi connectivity index (χ0n) is 9.33. The Hall–Kier alpha value is -0.570. The second-order valence-corrected chi connectivity index (χ2v) is 3.71. The maximum absolute atomic E-state index is 5.39. The molecule has 1 aromatic carbocycles. The van der Waals surface area contributed by atoms with Gasteiger partial charge in [-0.3, -0.25) is 0 Å². The van der Waals surface area contributed by atoms with Crippen LogP contribution in [0.5, 0.6) is 0 Å². The number of unbranched alkanes of at least 4 members (excludes halogenated alkanes) is 2. The fourth-order valence-electron chi connectivity index (χ4n) is 1.02. The van der Waals surface area contributed by atoms with Gasteiger partial charge in [0.1, 0.15) is 0 Å². The smallest absolute Gasteiger partial charge is 0.0784 e. The maximum atomic E-state index is 5.39. The van der Waals surface area contributed by atoms with Crippen molar-refractivity contribution in [2.24, 2.45) is 11.5 Å². The van der Waals surface area contributed by atoms with Crippen LogP contribution in [0.3, 0.4) is 0 Å². The number of alkyl halides is 1. The molecule has 3 heteroatoms. The number of rotatable bonds is 4. The molecule has 0 spiro atoms. The predicted octanol–water partition coefficient (Wildman–Crippen LogP) is 3.02. The zero-order chi connectivity index (χ0) is 11.5. The van der Waals surface area contributed by atoms with Gasteiger partial charge in [-0.05, 0) is 12.0 Å². The summed E-state index contributed by atoms with van der Waals surface area (Å²) in [4.78, 5) is 0. The highest BCUT2D eigenvalue weighted by atomic mass is 35.5. The average Bonchev–Trinajstić information content (AvgIpc) is 2.28. The summed E-state index contributed by atoms with van der Waals surface area (Å²) in [5.41, 5.74) is 11.8. The van der Waals surface area contributed by atoms with Gasteiger partial charge in [-0.2, -0.15) is 0 Å². The molecule has 1 aromatic rings. The van der Waals surface area contributed by atoms with Crippen LogP contribution in [0.1, 0.15) is 37.9 Å². The molecular weight excluding hydrogens is 208 g/mol. The molecule has 0 radical (unpaired) electrons. The summed E-state index contributed by atoms with van der Waals surface area (Å²) in [6, 6.07) is 9.59. The van der Waals surface area contributed by atoms with Gasteiger partial charge in [0.25, 0.3) is 0 Å². The summed E-state index contributed by atoms with van der Waals surface area (Å²) in [7, 11) is 0. The van der Waals surface area contributed by atoms with E-state index in [9.17, 15) is 0 Å². The Labute approximate surface area is 97.6 Å². The summed E-state index contributed by atoms with van der Waals surface area (Å²) < 4.78 is 0. The first-order valence-corrected chi connectivity index (χ1v) is 5.87. The van der Waals surface area contributed by atoms with Crippen LogP contribution in [0, 0.1) is 0 Å². The molecule has 0 saturated heterocycles. The van der Waals surface area contributed by atoms with Crippen molar-refractivity contribution in [2.45, 2.75) is 32.4 Å². The molecule has 0 heterocycles. The molecule has 0 aliphatic carbocycles. The van der Waals surface area contributed by atoms with Gasteiger partial charge >= 0.3 is 0 Å². The molecule has 0 atom stereocenters. The second-order valence-electron chi connectivity index (χ2n) is 3.33. The third kappa shape index (κ3) is 8.43. The van der Waals surface area contributed by atoms with Gasteiger partial charge in [0.05, 0.1) is 6.17 Å². The van der Waals surface area contributed by atoms with Gasteiger partial charge in [-0.25, -0.2) is 0 Å². The number of benzene rings is 1. The molecule has 0 aliphatic rings. The van der Waals surface area contributed by atoms with Crippen LogP contribution in [-0.4, -0.2) is 5.88 Å². The van der Waals surface area contributed by atoms with Crippen molar-refractivity contribution >= 4 is 11.6 Å². The molecule has 2 nitrogen and oxygen atoms in total. The van der Waals surface area contributed by atoms with Gasteiger partial charge in [-0.1, -0.05) is 50.1 Å². The van der Waals surface area contributed by atoms with Crippen molar-refractivity contribution in [3.8, 4) is 0 Å². The Morgan fingerprint density at radius 3 is 2.00 bits per heavy atom. The van der Waals surface area contributed by atoms with Crippen molar-refractivity contribution in [3.05, 3.63) is 35.9 Å². The summed E-state index contributed by atoms with van der Waals surface area (Å²) in [6.45, 7) is 2.17. The van der Waals surface area contributed by atoms with Gasteiger partial charge < -0.3 is 11.5 Å². The van der Waals surface area contributed by atoms with E-state index in [1.807, 2.05) is 30.3 Å². The second kappa shape index (κ2) is 9.97. The summed E-state index contributed by atoms with van der Waals surface area (Å²) in [5.74, 6) is 0.827. The first kappa shape index (κ1) is 14.4. The van der Waals surface area contributed by atoms with Crippen LogP contribution in [0.2, 0.25) is 0 Å². The lowest BCUT2D eigenvalue weighted by molar-refractivity contribution is 0.774. The standard InChI is InChI=1S/C7H10N2.C5H11Cl/c8-7(9)6-4-2-1-3-5-6;1-2-3-4-5-6/h1-5,7H,8-9H2;2-5H2,1H3.